The minimum absolute atomic E-state index is 0.0374. The van der Waals surface area contributed by atoms with Gasteiger partial charge in [0.1, 0.15) is 5.41 Å². The highest BCUT2D eigenvalue weighted by molar-refractivity contribution is 9.10. The summed E-state index contributed by atoms with van der Waals surface area (Å²) in [7, 11) is 1.49. The molecule has 1 aromatic rings. The molecule has 1 aliphatic rings. The summed E-state index contributed by atoms with van der Waals surface area (Å²) in [6.07, 6.45) is 0.725. The number of carbonyl (C=O) groups excluding carboxylic acids is 1. The predicted octanol–water partition coefficient (Wildman–Crippen LogP) is 2.25. The summed E-state index contributed by atoms with van der Waals surface area (Å²) >= 11 is 3.40. The van der Waals surface area contributed by atoms with E-state index in [1.54, 1.807) is 4.90 Å². The van der Waals surface area contributed by atoms with Crippen molar-refractivity contribution in [1.82, 2.24) is 4.90 Å². The number of aryl methyl sites for hydroxylation is 1. The van der Waals surface area contributed by atoms with Crippen molar-refractivity contribution in [3.8, 4) is 0 Å². The number of nitrogens with zero attached hydrogens (tertiary/aromatic N) is 1. The Morgan fingerprint density at radius 1 is 1.45 bits per heavy atom. The first-order chi connectivity index (χ1) is 10.4. The zero-order chi connectivity index (χ0) is 16.3. The van der Waals surface area contributed by atoms with Crippen LogP contribution >= 0.6 is 15.9 Å². The van der Waals surface area contributed by atoms with Gasteiger partial charge in [-0.15, -0.1) is 0 Å². The van der Waals surface area contributed by atoms with Crippen molar-refractivity contribution in [2.45, 2.75) is 19.8 Å². The van der Waals surface area contributed by atoms with Crippen molar-refractivity contribution in [3.63, 3.8) is 0 Å². The number of amides is 1. The van der Waals surface area contributed by atoms with E-state index >= 15 is 0 Å². The van der Waals surface area contributed by atoms with Gasteiger partial charge in [-0.2, -0.15) is 0 Å². The first-order valence-corrected chi connectivity index (χ1v) is 7.92. The van der Waals surface area contributed by atoms with Crippen LogP contribution in [0.5, 0.6) is 0 Å². The molecule has 0 spiro atoms. The van der Waals surface area contributed by atoms with Crippen molar-refractivity contribution in [2.75, 3.05) is 26.8 Å². The SMILES string of the molecule is COCC1(C(=O)O)CCN(C(=O)Cc2ccc(Br)cc2C)C1. The normalized spacial score (nSPS) is 21.1. The Balaban J connectivity index is 2.07. The van der Waals surface area contributed by atoms with Crippen LogP contribution in [0.3, 0.4) is 0 Å². The molecule has 1 heterocycles. The van der Waals surface area contributed by atoms with Gasteiger partial charge in [0.25, 0.3) is 0 Å². The topological polar surface area (TPSA) is 66.8 Å². The highest BCUT2D eigenvalue weighted by atomic mass is 79.9. The number of methoxy groups -OCH3 is 1. The molecule has 1 unspecified atom stereocenters. The molecule has 1 N–H and O–H groups in total. The fourth-order valence-corrected chi connectivity index (χ4v) is 3.32. The second kappa shape index (κ2) is 6.79. The second-order valence-electron chi connectivity index (χ2n) is 5.83. The summed E-state index contributed by atoms with van der Waals surface area (Å²) in [4.78, 5) is 25.6. The third kappa shape index (κ3) is 3.50. The number of benzene rings is 1. The summed E-state index contributed by atoms with van der Waals surface area (Å²) in [6, 6.07) is 5.80. The van der Waals surface area contributed by atoms with Gasteiger partial charge in [0.05, 0.1) is 13.0 Å². The molecular weight excluding hydrogens is 350 g/mol. The number of ether oxygens (including phenoxy) is 1. The molecule has 120 valence electrons. The fraction of sp³-hybridized carbons (Fsp3) is 0.500. The number of carboxylic acids is 1. The van der Waals surface area contributed by atoms with Gasteiger partial charge in [-0.3, -0.25) is 9.59 Å². The largest absolute Gasteiger partial charge is 0.481 e. The van der Waals surface area contributed by atoms with Crippen molar-refractivity contribution in [3.05, 3.63) is 33.8 Å². The predicted molar refractivity (Wildman–Crippen MR) is 85.7 cm³/mol. The Hall–Kier alpha value is -1.40. The molecule has 6 heteroatoms. The fourth-order valence-electron chi connectivity index (χ4n) is 2.85. The Morgan fingerprint density at radius 3 is 2.77 bits per heavy atom. The van der Waals surface area contributed by atoms with E-state index in [4.69, 9.17) is 4.74 Å². The molecular formula is C16H20BrNO4. The maximum absolute atomic E-state index is 12.4. The Labute approximate surface area is 138 Å². The molecule has 2 rings (SSSR count). The summed E-state index contributed by atoms with van der Waals surface area (Å²) in [5, 5.41) is 9.44. The lowest BCUT2D eigenvalue weighted by Crippen LogP contribution is -2.40. The lowest BCUT2D eigenvalue weighted by atomic mass is 9.88. The lowest BCUT2D eigenvalue weighted by molar-refractivity contribution is -0.151. The van der Waals surface area contributed by atoms with E-state index in [-0.39, 0.29) is 19.1 Å². The minimum Gasteiger partial charge on any atom is -0.481 e. The van der Waals surface area contributed by atoms with Gasteiger partial charge in [-0.1, -0.05) is 22.0 Å². The van der Waals surface area contributed by atoms with E-state index in [0.717, 1.165) is 15.6 Å². The molecule has 0 saturated carbocycles. The summed E-state index contributed by atoms with van der Waals surface area (Å²) in [5.41, 5.74) is 1.04. The highest BCUT2D eigenvalue weighted by Crippen LogP contribution is 2.31. The molecule has 1 amide bonds. The molecule has 0 radical (unpaired) electrons. The highest BCUT2D eigenvalue weighted by Gasteiger charge is 2.46. The first kappa shape index (κ1) is 17.0. The molecule has 0 aromatic heterocycles. The van der Waals surface area contributed by atoms with Gasteiger partial charge in [0, 0.05) is 24.7 Å². The number of aliphatic carboxylic acids is 1. The molecule has 1 fully saturated rings. The monoisotopic (exact) mass is 369 g/mol. The van der Waals surface area contributed by atoms with Crippen molar-refractivity contribution in [1.29, 1.82) is 0 Å². The molecule has 0 aliphatic carbocycles. The number of carboxylic acid groups (broad SMARTS) is 1. The lowest BCUT2D eigenvalue weighted by Gasteiger charge is -2.24. The maximum atomic E-state index is 12.4. The van der Waals surface area contributed by atoms with Gasteiger partial charge >= 0.3 is 5.97 Å². The maximum Gasteiger partial charge on any atom is 0.313 e. The van der Waals surface area contributed by atoms with E-state index in [1.807, 2.05) is 25.1 Å². The summed E-state index contributed by atoms with van der Waals surface area (Å²) < 4.78 is 6.02. The average molecular weight is 370 g/mol. The van der Waals surface area contributed by atoms with E-state index in [9.17, 15) is 14.7 Å². The number of halogens is 1. The van der Waals surface area contributed by atoms with Gasteiger partial charge < -0.3 is 14.7 Å². The first-order valence-electron chi connectivity index (χ1n) is 7.13. The molecule has 0 bridgehead atoms. The van der Waals surface area contributed by atoms with Crippen molar-refractivity contribution < 1.29 is 19.4 Å². The molecule has 1 aromatic carbocycles. The van der Waals surface area contributed by atoms with Crippen LogP contribution in [0.4, 0.5) is 0 Å². The van der Waals surface area contributed by atoms with Crippen LogP contribution in [0.2, 0.25) is 0 Å². The minimum atomic E-state index is -0.973. The zero-order valence-corrected chi connectivity index (χ0v) is 14.4. The quantitative estimate of drug-likeness (QED) is 0.864. The third-order valence-electron chi connectivity index (χ3n) is 4.23. The number of hydrogen-bond acceptors (Lipinski definition) is 3. The van der Waals surface area contributed by atoms with Crippen LogP contribution in [0, 0.1) is 12.3 Å². The molecule has 1 aliphatic heterocycles. The van der Waals surface area contributed by atoms with Crippen LogP contribution in [0.25, 0.3) is 0 Å². The average Bonchev–Trinajstić information content (AvgIpc) is 2.88. The van der Waals surface area contributed by atoms with Gasteiger partial charge in [-0.25, -0.2) is 0 Å². The van der Waals surface area contributed by atoms with Gasteiger partial charge in [-0.05, 0) is 36.6 Å². The Kier molecular flexibility index (Phi) is 5.24. The zero-order valence-electron chi connectivity index (χ0n) is 12.8. The van der Waals surface area contributed by atoms with Crippen LogP contribution in [-0.4, -0.2) is 48.7 Å². The molecule has 1 saturated heterocycles. The Morgan fingerprint density at radius 2 is 2.18 bits per heavy atom. The van der Waals surface area contributed by atoms with Crippen molar-refractivity contribution >= 4 is 27.8 Å². The molecule has 22 heavy (non-hydrogen) atoms. The van der Waals surface area contributed by atoms with Crippen molar-refractivity contribution in [2.24, 2.45) is 5.41 Å². The van der Waals surface area contributed by atoms with Crippen LogP contribution in [0.1, 0.15) is 17.5 Å². The summed E-state index contributed by atoms with van der Waals surface area (Å²) in [6.45, 7) is 2.77. The van der Waals surface area contributed by atoms with Gasteiger partial charge in [0.15, 0.2) is 0 Å². The van der Waals surface area contributed by atoms with E-state index in [0.29, 0.717) is 19.4 Å². The van der Waals surface area contributed by atoms with E-state index in [2.05, 4.69) is 15.9 Å². The number of likely N-dealkylation sites (tertiary alicyclic amines) is 1. The van der Waals surface area contributed by atoms with E-state index in [1.165, 1.54) is 7.11 Å². The van der Waals surface area contributed by atoms with Crippen LogP contribution in [-0.2, 0) is 20.7 Å². The number of hydrogen-bond donors (Lipinski definition) is 1. The number of carbonyl (C=O) groups is 2. The van der Waals surface area contributed by atoms with Crippen LogP contribution < -0.4 is 0 Å². The second-order valence-corrected chi connectivity index (χ2v) is 6.75. The third-order valence-corrected chi connectivity index (χ3v) is 4.72. The van der Waals surface area contributed by atoms with Crippen LogP contribution in [0.15, 0.2) is 22.7 Å². The van der Waals surface area contributed by atoms with Gasteiger partial charge in [0.2, 0.25) is 5.91 Å². The standard InChI is InChI=1S/C16H20BrNO4/c1-11-7-13(17)4-3-12(11)8-14(19)18-6-5-16(9-18,10-22-2)15(20)21/h3-4,7H,5-6,8-10H2,1-2H3,(H,20,21). The number of rotatable bonds is 5. The molecule has 5 nitrogen and oxygen atoms in total. The smallest absolute Gasteiger partial charge is 0.313 e. The summed E-state index contributed by atoms with van der Waals surface area (Å²) in [5.74, 6) is -0.936. The Bertz CT molecular complexity index is 590. The van der Waals surface area contributed by atoms with E-state index < -0.39 is 11.4 Å². The molecule has 1 atom stereocenters.